The van der Waals surface area contributed by atoms with Crippen molar-refractivity contribution < 1.29 is 27.3 Å². The maximum atomic E-state index is 14.2. The van der Waals surface area contributed by atoms with Gasteiger partial charge in [0.15, 0.2) is 21.8 Å². The van der Waals surface area contributed by atoms with Crippen molar-refractivity contribution in [3.8, 4) is 0 Å². The van der Waals surface area contributed by atoms with Crippen molar-refractivity contribution in [1.29, 1.82) is 0 Å². The van der Waals surface area contributed by atoms with Crippen molar-refractivity contribution >= 4 is 40.1 Å². The van der Waals surface area contributed by atoms with Crippen LogP contribution in [0.3, 0.4) is 0 Å². The Bertz CT molecular complexity index is 1010. The molecule has 3 rings (SSSR count). The van der Waals surface area contributed by atoms with Gasteiger partial charge in [-0.3, -0.25) is 0 Å². The van der Waals surface area contributed by atoms with E-state index in [0.29, 0.717) is 37.2 Å². The molecule has 0 saturated carbocycles. The first-order valence-electron chi connectivity index (χ1n) is 9.19. The molecule has 10 heteroatoms. The molecule has 168 valence electrons. The molecule has 1 heterocycles. The summed E-state index contributed by atoms with van der Waals surface area (Å²) < 4.78 is 58.8. The summed E-state index contributed by atoms with van der Waals surface area (Å²) >= 11 is 10.8. The SMILES string of the molecule is CO[C@]1(C(F)(F)F)ON=C(c2c(C)c(Cl)c(C)c(Cl)c2C)C1[S+](O)c1ccc(C)cc1. The van der Waals surface area contributed by atoms with E-state index >= 15 is 0 Å². The molecule has 0 aliphatic carbocycles. The Morgan fingerprint density at radius 2 is 1.55 bits per heavy atom. The van der Waals surface area contributed by atoms with Gasteiger partial charge in [-0.25, -0.2) is 0 Å². The largest absolute Gasteiger partial charge is 0.464 e. The fraction of sp³-hybridized carbons (Fsp3) is 0.381. The topological polar surface area (TPSA) is 51.0 Å². The van der Waals surface area contributed by atoms with Gasteiger partial charge in [-0.1, -0.05) is 46.1 Å². The van der Waals surface area contributed by atoms with Crippen LogP contribution in [0.15, 0.2) is 34.3 Å². The van der Waals surface area contributed by atoms with Crippen molar-refractivity contribution in [2.24, 2.45) is 5.16 Å². The van der Waals surface area contributed by atoms with Gasteiger partial charge in [-0.2, -0.15) is 17.7 Å². The summed E-state index contributed by atoms with van der Waals surface area (Å²) in [5.41, 5.74) is 2.66. The molecular weight excluding hydrogens is 474 g/mol. The van der Waals surface area contributed by atoms with E-state index < -0.39 is 28.4 Å². The molecule has 2 aromatic carbocycles. The first-order valence-corrected chi connectivity index (χ1v) is 11.2. The van der Waals surface area contributed by atoms with Crippen molar-refractivity contribution in [2.75, 3.05) is 7.11 Å². The van der Waals surface area contributed by atoms with Gasteiger partial charge in [0.1, 0.15) is 0 Å². The highest BCUT2D eigenvalue weighted by Crippen LogP contribution is 2.48. The second kappa shape index (κ2) is 8.48. The maximum absolute atomic E-state index is 14.2. The normalized spacial score (nSPS) is 22.3. The van der Waals surface area contributed by atoms with Crippen LogP contribution in [-0.2, 0) is 20.8 Å². The lowest BCUT2D eigenvalue weighted by atomic mass is 9.92. The van der Waals surface area contributed by atoms with Gasteiger partial charge in [0.2, 0.25) is 0 Å². The molecule has 31 heavy (non-hydrogen) atoms. The fourth-order valence-corrected chi connectivity index (χ4v) is 5.69. The van der Waals surface area contributed by atoms with Gasteiger partial charge >= 0.3 is 12.0 Å². The van der Waals surface area contributed by atoms with Gasteiger partial charge in [-0.05, 0) is 56.5 Å². The van der Waals surface area contributed by atoms with Crippen molar-refractivity contribution in [3.63, 3.8) is 0 Å². The number of oxime groups is 1. The Morgan fingerprint density at radius 3 is 2.00 bits per heavy atom. The van der Waals surface area contributed by atoms with Crippen molar-refractivity contribution in [3.05, 3.63) is 62.1 Å². The monoisotopic (exact) mass is 494 g/mol. The number of halogens is 5. The molecule has 1 aliphatic rings. The molecule has 0 amide bonds. The summed E-state index contributed by atoms with van der Waals surface area (Å²) in [6, 6.07) is 6.55. The number of aryl methyl sites for hydroxylation is 1. The summed E-state index contributed by atoms with van der Waals surface area (Å²) in [6.45, 7) is 6.88. The first-order chi connectivity index (χ1) is 14.4. The Balaban J connectivity index is 2.27. The molecule has 3 atom stereocenters. The highest BCUT2D eigenvalue weighted by atomic mass is 35.5. The second-order valence-electron chi connectivity index (χ2n) is 7.32. The smallest absolute Gasteiger partial charge is 0.343 e. The average Bonchev–Trinajstić information content (AvgIpc) is 3.11. The average molecular weight is 495 g/mol. The minimum Gasteiger partial charge on any atom is -0.343 e. The van der Waals surface area contributed by atoms with Crippen LogP contribution in [0, 0.1) is 27.7 Å². The number of ether oxygens (including phenoxy) is 1. The van der Waals surface area contributed by atoms with Crippen LogP contribution in [0.25, 0.3) is 0 Å². The predicted molar refractivity (Wildman–Crippen MR) is 117 cm³/mol. The quantitative estimate of drug-likeness (QED) is 0.501. The van der Waals surface area contributed by atoms with E-state index in [2.05, 4.69) is 5.16 Å². The molecule has 0 fully saturated rings. The Labute approximate surface area is 191 Å². The van der Waals surface area contributed by atoms with Gasteiger partial charge in [-0.15, -0.1) is 0 Å². The number of nitrogens with zero attached hydrogens (tertiary/aromatic N) is 1. The van der Waals surface area contributed by atoms with Crippen LogP contribution in [0.5, 0.6) is 0 Å². The van der Waals surface area contributed by atoms with E-state index in [0.717, 1.165) is 12.7 Å². The lowest BCUT2D eigenvalue weighted by Gasteiger charge is -2.30. The lowest BCUT2D eigenvalue weighted by Crippen LogP contribution is -2.59. The minimum absolute atomic E-state index is 0.121. The number of alkyl halides is 3. The molecule has 0 radical (unpaired) electrons. The molecule has 0 saturated heterocycles. The van der Waals surface area contributed by atoms with Crippen molar-refractivity contribution in [1.82, 2.24) is 0 Å². The van der Waals surface area contributed by atoms with Crippen LogP contribution in [0.1, 0.15) is 27.8 Å². The number of hydrogen-bond donors (Lipinski definition) is 1. The molecule has 1 aliphatic heterocycles. The molecule has 4 nitrogen and oxygen atoms in total. The van der Waals surface area contributed by atoms with Gasteiger partial charge < -0.3 is 9.57 Å². The zero-order chi connectivity index (χ0) is 23.3. The second-order valence-corrected chi connectivity index (χ2v) is 9.65. The number of hydrogen-bond acceptors (Lipinski definition) is 4. The van der Waals surface area contributed by atoms with Crippen LogP contribution < -0.4 is 0 Å². The van der Waals surface area contributed by atoms with E-state index in [1.54, 1.807) is 45.0 Å². The summed E-state index contributed by atoms with van der Waals surface area (Å²) in [5, 5.41) is 2.69. The zero-order valence-electron chi connectivity index (χ0n) is 17.4. The number of rotatable bonds is 4. The standard InChI is InChI=1S/C21H21Cl2F3NO3S/c1-10-6-8-14(9-7-10)31(28)19-18(27-30-20(19,29-5)21(24,25)26)15-11(2)16(22)13(4)17(23)12(15)3/h6-9,19,28H,1-5H3/q+1/t19?,20-,31?/m0/s1. The molecule has 2 aromatic rings. The molecular formula is C21H21Cl2F3NO3S+. The Hall–Kier alpha value is -1.45. The molecule has 0 aromatic heterocycles. The van der Waals surface area contributed by atoms with E-state index in [9.17, 15) is 17.7 Å². The molecule has 1 N–H and O–H groups in total. The van der Waals surface area contributed by atoms with Crippen molar-refractivity contribution in [2.45, 2.75) is 49.8 Å². The van der Waals surface area contributed by atoms with Gasteiger partial charge in [0.05, 0.1) is 0 Å². The summed E-state index contributed by atoms with van der Waals surface area (Å²) in [5.74, 6) is -3.17. The van der Waals surface area contributed by atoms with Crippen LogP contribution in [-0.4, -0.2) is 34.6 Å². The molecule has 0 spiro atoms. The number of methoxy groups -OCH3 is 1. The molecule has 0 bridgehead atoms. The van der Waals surface area contributed by atoms with E-state index in [1.165, 1.54) is 0 Å². The highest BCUT2D eigenvalue weighted by Gasteiger charge is 2.75. The Morgan fingerprint density at radius 1 is 1.03 bits per heavy atom. The summed E-state index contributed by atoms with van der Waals surface area (Å²) in [6.07, 6.45) is -4.99. The minimum atomic E-state index is -4.99. The molecule has 2 unspecified atom stereocenters. The third-order valence-corrected chi connectivity index (χ3v) is 8.25. The summed E-state index contributed by atoms with van der Waals surface area (Å²) in [7, 11) is 0.875. The summed E-state index contributed by atoms with van der Waals surface area (Å²) in [4.78, 5) is 5.21. The third-order valence-electron chi connectivity index (χ3n) is 5.38. The Kier molecular flexibility index (Phi) is 6.62. The maximum Gasteiger partial charge on any atom is 0.464 e. The number of benzene rings is 2. The van der Waals surface area contributed by atoms with Crippen LogP contribution >= 0.6 is 23.2 Å². The third kappa shape index (κ3) is 3.82. The first kappa shape index (κ1) is 24.2. The highest BCUT2D eigenvalue weighted by molar-refractivity contribution is 7.93. The van der Waals surface area contributed by atoms with Gasteiger partial charge in [0.25, 0.3) is 5.25 Å². The fourth-order valence-electron chi connectivity index (χ4n) is 3.64. The van der Waals surface area contributed by atoms with Gasteiger partial charge in [0, 0.05) is 22.7 Å². The van der Waals surface area contributed by atoms with E-state index in [1.807, 2.05) is 6.92 Å². The van der Waals surface area contributed by atoms with E-state index in [4.69, 9.17) is 32.8 Å². The predicted octanol–water partition coefficient (Wildman–Crippen LogP) is 6.39. The van der Waals surface area contributed by atoms with Crippen LogP contribution in [0.4, 0.5) is 13.2 Å². The van der Waals surface area contributed by atoms with Crippen LogP contribution in [0.2, 0.25) is 10.0 Å². The zero-order valence-corrected chi connectivity index (χ0v) is 19.7. The lowest BCUT2D eigenvalue weighted by molar-refractivity contribution is -0.362. The van der Waals surface area contributed by atoms with E-state index in [-0.39, 0.29) is 5.71 Å².